The smallest absolute Gasteiger partial charge is 0.250 e. The number of hydrogen-bond donors (Lipinski definition) is 1. The van der Waals surface area contributed by atoms with Gasteiger partial charge in [0.2, 0.25) is 17.8 Å². The van der Waals surface area contributed by atoms with Crippen molar-refractivity contribution >= 4 is 24.1 Å². The molecule has 37 heavy (non-hydrogen) atoms. The van der Waals surface area contributed by atoms with Crippen LogP contribution < -0.4 is 24.7 Å². The van der Waals surface area contributed by atoms with Crippen molar-refractivity contribution in [1.82, 2.24) is 15.0 Å². The van der Waals surface area contributed by atoms with Crippen molar-refractivity contribution in [1.29, 1.82) is 0 Å². The molecule has 0 atom stereocenters. The molecule has 194 valence electrons. The number of benzene rings is 2. The van der Waals surface area contributed by atoms with Gasteiger partial charge in [0.05, 0.1) is 26.0 Å². The summed E-state index contributed by atoms with van der Waals surface area (Å²) in [5, 5.41) is 4.40. The highest BCUT2D eigenvalue weighted by Gasteiger charge is 2.21. The van der Waals surface area contributed by atoms with Crippen molar-refractivity contribution in [2.75, 3.05) is 61.2 Å². The molecular weight excluding hydrogens is 470 g/mol. The fourth-order valence-corrected chi connectivity index (χ4v) is 4.26. The maximum absolute atomic E-state index is 6.01. The molecule has 2 aromatic carbocycles. The SMILES string of the molecule is CCOc1cc(/C=N\Nc2nc(N3CCCC3)nc(N3CCOCC3)n2)ccc1OCc1ccccc1. The Labute approximate surface area is 217 Å². The minimum Gasteiger partial charge on any atom is -0.490 e. The summed E-state index contributed by atoms with van der Waals surface area (Å²) in [5.74, 6) is 3.12. The van der Waals surface area contributed by atoms with Crippen LogP contribution in [0.25, 0.3) is 0 Å². The fraction of sp³-hybridized carbons (Fsp3) is 0.407. The van der Waals surface area contributed by atoms with Crippen LogP contribution >= 0.6 is 0 Å². The molecule has 0 radical (unpaired) electrons. The van der Waals surface area contributed by atoms with Gasteiger partial charge in [-0.3, -0.25) is 0 Å². The normalized spacial score (nSPS) is 15.8. The summed E-state index contributed by atoms with van der Waals surface area (Å²) in [7, 11) is 0. The molecule has 3 heterocycles. The van der Waals surface area contributed by atoms with Crippen LogP contribution in [0.3, 0.4) is 0 Å². The van der Waals surface area contributed by atoms with Gasteiger partial charge in [0.25, 0.3) is 0 Å². The highest BCUT2D eigenvalue weighted by molar-refractivity contribution is 5.81. The van der Waals surface area contributed by atoms with Crippen LogP contribution in [0.2, 0.25) is 0 Å². The van der Waals surface area contributed by atoms with Crippen LogP contribution in [0, 0.1) is 0 Å². The molecule has 2 aliphatic rings. The summed E-state index contributed by atoms with van der Waals surface area (Å²) in [6.07, 6.45) is 4.01. The van der Waals surface area contributed by atoms with Gasteiger partial charge in [-0.25, -0.2) is 5.43 Å². The molecule has 2 aliphatic heterocycles. The van der Waals surface area contributed by atoms with Crippen molar-refractivity contribution in [3.8, 4) is 11.5 Å². The van der Waals surface area contributed by atoms with Gasteiger partial charge in [-0.05, 0) is 49.1 Å². The van der Waals surface area contributed by atoms with Gasteiger partial charge in [-0.15, -0.1) is 0 Å². The van der Waals surface area contributed by atoms with E-state index in [2.05, 4.69) is 30.3 Å². The molecule has 1 aromatic heterocycles. The number of rotatable bonds is 10. The van der Waals surface area contributed by atoms with E-state index in [4.69, 9.17) is 19.2 Å². The number of hydrazone groups is 1. The Morgan fingerprint density at radius 2 is 1.62 bits per heavy atom. The van der Waals surface area contributed by atoms with E-state index in [1.54, 1.807) is 6.21 Å². The summed E-state index contributed by atoms with van der Waals surface area (Å²) in [6, 6.07) is 15.8. The molecule has 2 saturated heterocycles. The van der Waals surface area contributed by atoms with Gasteiger partial charge < -0.3 is 24.0 Å². The molecule has 0 spiro atoms. The summed E-state index contributed by atoms with van der Waals surface area (Å²) in [6.45, 7) is 7.71. The average Bonchev–Trinajstić information content (AvgIpc) is 3.49. The molecule has 0 unspecified atom stereocenters. The summed E-state index contributed by atoms with van der Waals surface area (Å²) in [5.41, 5.74) is 4.96. The van der Waals surface area contributed by atoms with E-state index < -0.39 is 0 Å². The lowest BCUT2D eigenvalue weighted by Crippen LogP contribution is -2.38. The Balaban J connectivity index is 1.29. The molecule has 0 amide bonds. The number of hydrogen-bond acceptors (Lipinski definition) is 10. The first-order chi connectivity index (χ1) is 18.3. The zero-order valence-corrected chi connectivity index (χ0v) is 21.2. The minimum atomic E-state index is 0.419. The Kier molecular flexibility index (Phi) is 8.27. The Hall–Kier alpha value is -3.92. The molecule has 5 rings (SSSR count). The first kappa shape index (κ1) is 24.8. The van der Waals surface area contributed by atoms with Crippen LogP contribution in [0.4, 0.5) is 17.8 Å². The highest BCUT2D eigenvalue weighted by atomic mass is 16.5. The first-order valence-corrected chi connectivity index (χ1v) is 12.8. The molecule has 0 saturated carbocycles. The quantitative estimate of drug-likeness (QED) is 0.328. The molecule has 10 nitrogen and oxygen atoms in total. The zero-order chi connectivity index (χ0) is 25.3. The van der Waals surface area contributed by atoms with Gasteiger partial charge in [0.15, 0.2) is 11.5 Å². The number of anilines is 3. The molecule has 0 aliphatic carbocycles. The van der Waals surface area contributed by atoms with Crippen molar-refractivity contribution in [2.24, 2.45) is 5.10 Å². The predicted octanol–water partition coefficient (Wildman–Crippen LogP) is 3.73. The Morgan fingerprint density at radius 3 is 2.35 bits per heavy atom. The van der Waals surface area contributed by atoms with Crippen LogP contribution in [0.5, 0.6) is 11.5 Å². The third-order valence-electron chi connectivity index (χ3n) is 6.18. The standard InChI is InChI=1S/C27H33N7O3/c1-2-36-24-18-22(10-11-23(24)37-20-21-8-4-3-5-9-21)19-28-32-25-29-26(33-12-6-7-13-33)31-27(30-25)34-14-16-35-17-15-34/h3-5,8-11,18-19H,2,6-7,12-17,20H2,1H3,(H,29,30,31,32)/b28-19-. The van der Waals surface area contributed by atoms with Gasteiger partial charge in [0.1, 0.15) is 6.61 Å². The fourth-order valence-electron chi connectivity index (χ4n) is 4.26. The van der Waals surface area contributed by atoms with Crippen molar-refractivity contribution in [3.05, 3.63) is 59.7 Å². The molecule has 0 bridgehead atoms. The largest absolute Gasteiger partial charge is 0.490 e. The van der Waals surface area contributed by atoms with Gasteiger partial charge >= 0.3 is 0 Å². The van der Waals surface area contributed by atoms with Gasteiger partial charge in [-0.1, -0.05) is 30.3 Å². The lowest BCUT2D eigenvalue weighted by molar-refractivity contribution is 0.122. The monoisotopic (exact) mass is 503 g/mol. The third-order valence-corrected chi connectivity index (χ3v) is 6.18. The molecule has 1 N–H and O–H groups in total. The van der Waals surface area contributed by atoms with Gasteiger partial charge in [-0.2, -0.15) is 20.1 Å². The van der Waals surface area contributed by atoms with Crippen LogP contribution in [-0.2, 0) is 11.3 Å². The molecule has 3 aromatic rings. The van der Waals surface area contributed by atoms with E-state index in [1.807, 2.05) is 55.5 Å². The highest BCUT2D eigenvalue weighted by Crippen LogP contribution is 2.29. The topological polar surface area (TPSA) is 97.2 Å². The lowest BCUT2D eigenvalue weighted by atomic mass is 10.2. The maximum atomic E-state index is 6.01. The number of nitrogens with zero attached hydrogens (tertiary/aromatic N) is 6. The van der Waals surface area contributed by atoms with Gasteiger partial charge in [0, 0.05) is 26.2 Å². The van der Waals surface area contributed by atoms with Crippen LogP contribution in [0.1, 0.15) is 30.9 Å². The first-order valence-electron chi connectivity index (χ1n) is 12.8. The van der Waals surface area contributed by atoms with E-state index in [0.29, 0.717) is 55.8 Å². The minimum absolute atomic E-state index is 0.419. The second kappa shape index (κ2) is 12.4. The number of morpholine rings is 1. The Bertz CT molecular complexity index is 1180. The zero-order valence-electron chi connectivity index (χ0n) is 21.2. The summed E-state index contributed by atoms with van der Waals surface area (Å²) < 4.78 is 17.3. The van der Waals surface area contributed by atoms with E-state index in [0.717, 1.165) is 50.1 Å². The molecular formula is C27H33N7O3. The van der Waals surface area contributed by atoms with E-state index in [9.17, 15) is 0 Å². The second-order valence-corrected chi connectivity index (χ2v) is 8.84. The number of ether oxygens (including phenoxy) is 3. The maximum Gasteiger partial charge on any atom is 0.250 e. The summed E-state index contributed by atoms with van der Waals surface area (Å²) >= 11 is 0. The van der Waals surface area contributed by atoms with E-state index in [1.165, 1.54) is 0 Å². The van der Waals surface area contributed by atoms with Crippen LogP contribution in [0.15, 0.2) is 53.6 Å². The van der Waals surface area contributed by atoms with Crippen molar-refractivity contribution in [3.63, 3.8) is 0 Å². The molecule has 2 fully saturated rings. The predicted molar refractivity (Wildman–Crippen MR) is 144 cm³/mol. The third kappa shape index (κ3) is 6.65. The average molecular weight is 504 g/mol. The second-order valence-electron chi connectivity index (χ2n) is 8.84. The lowest BCUT2D eigenvalue weighted by Gasteiger charge is -2.27. The van der Waals surface area contributed by atoms with E-state index in [-0.39, 0.29) is 0 Å². The van der Waals surface area contributed by atoms with E-state index >= 15 is 0 Å². The van der Waals surface area contributed by atoms with Crippen molar-refractivity contribution in [2.45, 2.75) is 26.4 Å². The van der Waals surface area contributed by atoms with Crippen molar-refractivity contribution < 1.29 is 14.2 Å². The molecule has 10 heteroatoms. The Morgan fingerprint density at radius 1 is 0.892 bits per heavy atom. The number of aromatic nitrogens is 3. The van der Waals surface area contributed by atoms with Crippen LogP contribution in [-0.4, -0.2) is 67.2 Å². The number of nitrogens with one attached hydrogen (secondary N) is 1. The summed E-state index contributed by atoms with van der Waals surface area (Å²) in [4.78, 5) is 18.3.